The zero-order valence-electron chi connectivity index (χ0n) is 12.1. The van der Waals surface area contributed by atoms with Crippen LogP contribution in [0.15, 0.2) is 24.3 Å². The second kappa shape index (κ2) is 8.82. The van der Waals surface area contributed by atoms with Crippen molar-refractivity contribution < 1.29 is 9.53 Å². The number of carbonyl (C=O) groups is 1. The predicted molar refractivity (Wildman–Crippen MR) is 82.1 cm³/mol. The van der Waals surface area contributed by atoms with Crippen molar-refractivity contribution in [2.75, 3.05) is 6.54 Å². The molecule has 0 saturated heterocycles. The fourth-order valence-corrected chi connectivity index (χ4v) is 1.98. The average Bonchev–Trinajstić information content (AvgIpc) is 2.45. The molecule has 2 unspecified atom stereocenters. The molecule has 1 aromatic carbocycles. The van der Waals surface area contributed by atoms with E-state index in [1.54, 1.807) is 19.1 Å². The fourth-order valence-electron chi connectivity index (χ4n) is 1.80. The van der Waals surface area contributed by atoms with Crippen LogP contribution in [0, 0.1) is 0 Å². The van der Waals surface area contributed by atoms with Crippen LogP contribution < -0.4 is 15.8 Å². The van der Waals surface area contributed by atoms with E-state index in [0.717, 1.165) is 19.3 Å². The van der Waals surface area contributed by atoms with Crippen molar-refractivity contribution in [2.24, 2.45) is 5.73 Å². The summed E-state index contributed by atoms with van der Waals surface area (Å²) in [6.45, 7) is 4.25. The lowest BCUT2D eigenvalue weighted by Crippen LogP contribution is -2.45. The Labute approximate surface area is 125 Å². The molecule has 0 heterocycles. The van der Waals surface area contributed by atoms with E-state index in [-0.39, 0.29) is 11.9 Å². The number of hydrogen-bond acceptors (Lipinski definition) is 3. The molecule has 5 heteroatoms. The van der Waals surface area contributed by atoms with Gasteiger partial charge < -0.3 is 15.8 Å². The molecule has 3 N–H and O–H groups in total. The van der Waals surface area contributed by atoms with Gasteiger partial charge in [0.2, 0.25) is 0 Å². The van der Waals surface area contributed by atoms with Crippen LogP contribution in [0.5, 0.6) is 5.75 Å². The highest BCUT2D eigenvalue weighted by molar-refractivity contribution is 6.32. The maximum atomic E-state index is 12.1. The van der Waals surface area contributed by atoms with Crippen molar-refractivity contribution in [3.05, 3.63) is 29.3 Å². The normalized spacial score (nSPS) is 13.6. The number of ether oxygens (including phenoxy) is 1. The van der Waals surface area contributed by atoms with Gasteiger partial charge in [-0.1, -0.05) is 43.5 Å². The first-order valence-electron chi connectivity index (χ1n) is 7.00. The minimum Gasteiger partial charge on any atom is -0.479 e. The lowest BCUT2D eigenvalue weighted by atomic mass is 10.1. The number of rotatable bonds is 8. The molecule has 0 aliphatic carbocycles. The van der Waals surface area contributed by atoms with Gasteiger partial charge in [0, 0.05) is 12.6 Å². The number of nitrogens with one attached hydrogen (secondary N) is 1. The number of carbonyl (C=O) groups excluding carboxylic acids is 1. The van der Waals surface area contributed by atoms with Crippen LogP contribution in [0.3, 0.4) is 0 Å². The van der Waals surface area contributed by atoms with Crippen LogP contribution in [-0.4, -0.2) is 24.6 Å². The van der Waals surface area contributed by atoms with E-state index in [2.05, 4.69) is 12.2 Å². The van der Waals surface area contributed by atoms with Crippen molar-refractivity contribution >= 4 is 17.5 Å². The molecule has 20 heavy (non-hydrogen) atoms. The van der Waals surface area contributed by atoms with E-state index in [0.29, 0.717) is 17.3 Å². The third-order valence-electron chi connectivity index (χ3n) is 3.05. The van der Waals surface area contributed by atoms with Gasteiger partial charge >= 0.3 is 0 Å². The van der Waals surface area contributed by atoms with Gasteiger partial charge in [-0.3, -0.25) is 4.79 Å². The summed E-state index contributed by atoms with van der Waals surface area (Å²) >= 11 is 6.00. The summed E-state index contributed by atoms with van der Waals surface area (Å²) in [7, 11) is 0. The van der Waals surface area contributed by atoms with E-state index < -0.39 is 6.10 Å². The minimum absolute atomic E-state index is 0.000236. The van der Waals surface area contributed by atoms with Crippen molar-refractivity contribution in [1.82, 2.24) is 5.32 Å². The standard InChI is InChI=1S/C15H23ClN2O2/c1-3-4-7-12(10-17)18-15(19)11(2)20-14-9-6-5-8-13(14)16/h5-6,8-9,11-12H,3-4,7,10,17H2,1-2H3,(H,18,19). The minimum atomic E-state index is -0.606. The van der Waals surface area contributed by atoms with Crippen LogP contribution in [0.2, 0.25) is 5.02 Å². The molecular weight excluding hydrogens is 276 g/mol. The summed E-state index contributed by atoms with van der Waals surface area (Å²) in [5.41, 5.74) is 5.66. The molecule has 0 fully saturated rings. The van der Waals surface area contributed by atoms with Gasteiger partial charge in [-0.15, -0.1) is 0 Å². The molecular formula is C15H23ClN2O2. The van der Waals surface area contributed by atoms with Crippen LogP contribution in [0.1, 0.15) is 33.1 Å². The summed E-state index contributed by atoms with van der Waals surface area (Å²) in [6, 6.07) is 7.10. The van der Waals surface area contributed by atoms with Gasteiger partial charge in [-0.05, 0) is 25.5 Å². The quantitative estimate of drug-likeness (QED) is 0.775. The number of benzene rings is 1. The number of hydrogen-bond donors (Lipinski definition) is 2. The molecule has 1 rings (SSSR count). The number of nitrogens with two attached hydrogens (primary N) is 1. The zero-order chi connectivity index (χ0) is 15.0. The smallest absolute Gasteiger partial charge is 0.261 e. The van der Waals surface area contributed by atoms with Crippen LogP contribution >= 0.6 is 11.6 Å². The summed E-state index contributed by atoms with van der Waals surface area (Å²) in [5.74, 6) is 0.339. The third kappa shape index (κ3) is 5.39. The number of para-hydroxylation sites is 1. The number of amides is 1. The van der Waals surface area contributed by atoms with E-state index in [4.69, 9.17) is 22.1 Å². The summed E-state index contributed by atoms with van der Waals surface area (Å²) < 4.78 is 5.57. The Morgan fingerprint density at radius 2 is 2.15 bits per heavy atom. The first kappa shape index (κ1) is 16.8. The molecule has 0 aliphatic rings. The number of halogens is 1. The Kier molecular flexibility index (Phi) is 7.41. The lowest BCUT2D eigenvalue weighted by Gasteiger charge is -2.20. The van der Waals surface area contributed by atoms with E-state index in [9.17, 15) is 4.79 Å². The van der Waals surface area contributed by atoms with Crippen molar-refractivity contribution in [3.63, 3.8) is 0 Å². The number of unbranched alkanes of at least 4 members (excludes halogenated alkanes) is 1. The molecule has 2 atom stereocenters. The molecule has 0 saturated carbocycles. The largest absolute Gasteiger partial charge is 0.479 e. The predicted octanol–water partition coefficient (Wildman–Crippen LogP) is 2.74. The van der Waals surface area contributed by atoms with Gasteiger partial charge in [0.1, 0.15) is 5.75 Å². The molecule has 1 aromatic rings. The lowest BCUT2D eigenvalue weighted by molar-refractivity contribution is -0.128. The van der Waals surface area contributed by atoms with Gasteiger partial charge in [0.25, 0.3) is 5.91 Å². The fraction of sp³-hybridized carbons (Fsp3) is 0.533. The SMILES string of the molecule is CCCCC(CN)NC(=O)C(C)Oc1ccccc1Cl. The maximum Gasteiger partial charge on any atom is 0.261 e. The molecule has 112 valence electrons. The molecule has 0 spiro atoms. The molecule has 0 aliphatic heterocycles. The monoisotopic (exact) mass is 298 g/mol. The van der Waals surface area contributed by atoms with Gasteiger partial charge in [-0.25, -0.2) is 0 Å². The third-order valence-corrected chi connectivity index (χ3v) is 3.36. The Hall–Kier alpha value is -1.26. The van der Waals surface area contributed by atoms with Crippen molar-refractivity contribution in [3.8, 4) is 5.75 Å². The Bertz CT molecular complexity index is 426. The second-order valence-corrected chi connectivity index (χ2v) is 5.18. The van der Waals surface area contributed by atoms with Crippen LogP contribution in [0.4, 0.5) is 0 Å². The van der Waals surface area contributed by atoms with E-state index in [1.165, 1.54) is 0 Å². The highest BCUT2D eigenvalue weighted by atomic mass is 35.5. The Morgan fingerprint density at radius 3 is 2.75 bits per heavy atom. The van der Waals surface area contributed by atoms with Crippen LogP contribution in [-0.2, 0) is 4.79 Å². The zero-order valence-corrected chi connectivity index (χ0v) is 12.8. The summed E-state index contributed by atoms with van der Waals surface area (Å²) in [5, 5.41) is 3.40. The molecule has 1 amide bonds. The Morgan fingerprint density at radius 1 is 1.45 bits per heavy atom. The van der Waals surface area contributed by atoms with Gasteiger partial charge in [-0.2, -0.15) is 0 Å². The van der Waals surface area contributed by atoms with Crippen molar-refractivity contribution in [2.45, 2.75) is 45.3 Å². The van der Waals surface area contributed by atoms with Gasteiger partial charge in [0.15, 0.2) is 6.10 Å². The van der Waals surface area contributed by atoms with Gasteiger partial charge in [0.05, 0.1) is 5.02 Å². The summed E-state index contributed by atoms with van der Waals surface area (Å²) in [6.07, 6.45) is 2.41. The van der Waals surface area contributed by atoms with Crippen LogP contribution in [0.25, 0.3) is 0 Å². The Balaban J connectivity index is 2.52. The summed E-state index contributed by atoms with van der Waals surface area (Å²) in [4.78, 5) is 12.1. The van der Waals surface area contributed by atoms with E-state index in [1.807, 2.05) is 12.1 Å². The first-order valence-corrected chi connectivity index (χ1v) is 7.37. The van der Waals surface area contributed by atoms with Crippen molar-refractivity contribution in [1.29, 1.82) is 0 Å². The topological polar surface area (TPSA) is 64.3 Å². The molecule has 0 radical (unpaired) electrons. The highest BCUT2D eigenvalue weighted by Crippen LogP contribution is 2.24. The molecule has 0 bridgehead atoms. The molecule has 0 aromatic heterocycles. The molecule has 4 nitrogen and oxygen atoms in total. The van der Waals surface area contributed by atoms with E-state index >= 15 is 0 Å². The second-order valence-electron chi connectivity index (χ2n) is 4.77. The first-order chi connectivity index (χ1) is 9.58. The average molecular weight is 299 g/mol. The maximum absolute atomic E-state index is 12.1. The highest BCUT2D eigenvalue weighted by Gasteiger charge is 2.18.